The van der Waals surface area contributed by atoms with E-state index in [0.29, 0.717) is 12.1 Å². The maximum atomic E-state index is 9.39. The molecule has 0 spiro atoms. The summed E-state index contributed by atoms with van der Waals surface area (Å²) >= 11 is 0. The molecule has 104 valence electrons. The zero-order chi connectivity index (χ0) is 13.8. The van der Waals surface area contributed by atoms with Gasteiger partial charge in [0, 0.05) is 38.3 Å². The van der Waals surface area contributed by atoms with Crippen LogP contribution in [0.3, 0.4) is 0 Å². The molecule has 18 heavy (non-hydrogen) atoms. The summed E-state index contributed by atoms with van der Waals surface area (Å²) in [5, 5.41) is 12.8. The van der Waals surface area contributed by atoms with Crippen molar-refractivity contribution in [3.8, 4) is 6.07 Å². The minimum absolute atomic E-state index is 0.337. The predicted molar refractivity (Wildman–Crippen MR) is 75.4 cm³/mol. The van der Waals surface area contributed by atoms with Gasteiger partial charge in [0.05, 0.1) is 6.07 Å². The third kappa shape index (κ3) is 4.24. The van der Waals surface area contributed by atoms with Crippen LogP contribution in [0.1, 0.15) is 34.1 Å². The van der Waals surface area contributed by atoms with E-state index in [1.54, 1.807) is 0 Å². The van der Waals surface area contributed by atoms with E-state index < -0.39 is 5.54 Å². The largest absolute Gasteiger partial charge is 0.301 e. The molecule has 0 amide bonds. The first kappa shape index (κ1) is 15.4. The third-order valence-corrected chi connectivity index (χ3v) is 3.73. The zero-order valence-electron chi connectivity index (χ0n) is 12.5. The summed E-state index contributed by atoms with van der Waals surface area (Å²) < 4.78 is 0. The van der Waals surface area contributed by atoms with Gasteiger partial charge in [-0.1, -0.05) is 6.92 Å². The third-order valence-electron chi connectivity index (χ3n) is 3.73. The van der Waals surface area contributed by atoms with Gasteiger partial charge in [-0.25, -0.2) is 0 Å². The molecule has 1 rings (SSSR count). The summed E-state index contributed by atoms with van der Waals surface area (Å²) in [5.41, 5.74) is -0.442. The molecule has 2 unspecified atom stereocenters. The van der Waals surface area contributed by atoms with Crippen LogP contribution in [0.2, 0.25) is 0 Å². The van der Waals surface area contributed by atoms with E-state index in [2.05, 4.69) is 49.0 Å². The fraction of sp³-hybridized carbons (Fsp3) is 0.929. The molecule has 1 aliphatic rings. The summed E-state index contributed by atoms with van der Waals surface area (Å²) in [6, 6.07) is 3.40. The number of nitriles is 1. The summed E-state index contributed by atoms with van der Waals surface area (Å²) in [6.45, 7) is 12.5. The second kappa shape index (κ2) is 6.51. The lowest BCUT2D eigenvalue weighted by Gasteiger charge is -2.42. The Morgan fingerprint density at radius 1 is 1.44 bits per heavy atom. The van der Waals surface area contributed by atoms with Crippen molar-refractivity contribution in [2.45, 2.75) is 51.7 Å². The molecule has 0 bridgehead atoms. The Kier molecular flexibility index (Phi) is 5.58. The van der Waals surface area contributed by atoms with Gasteiger partial charge in [-0.15, -0.1) is 0 Å². The molecule has 4 heteroatoms. The summed E-state index contributed by atoms with van der Waals surface area (Å²) in [4.78, 5) is 4.85. The van der Waals surface area contributed by atoms with Gasteiger partial charge in [-0.05, 0) is 34.2 Å². The first-order valence-corrected chi connectivity index (χ1v) is 7.01. The fourth-order valence-electron chi connectivity index (χ4n) is 2.79. The van der Waals surface area contributed by atoms with Gasteiger partial charge < -0.3 is 4.90 Å². The molecule has 0 aromatic carbocycles. The van der Waals surface area contributed by atoms with E-state index in [-0.39, 0.29) is 0 Å². The Bertz CT molecular complexity index is 297. The number of likely N-dealkylation sites (N-methyl/N-ethyl adjacent to an activating group) is 1. The molecule has 1 N–H and O–H groups in total. The predicted octanol–water partition coefficient (Wildman–Crippen LogP) is 1.29. The van der Waals surface area contributed by atoms with Crippen LogP contribution in [0.15, 0.2) is 0 Å². The molecule has 1 fully saturated rings. The molecule has 1 heterocycles. The van der Waals surface area contributed by atoms with Crippen molar-refractivity contribution in [1.29, 1.82) is 5.26 Å². The van der Waals surface area contributed by atoms with Crippen LogP contribution >= 0.6 is 0 Å². The minimum Gasteiger partial charge on any atom is -0.301 e. The second-order valence-corrected chi connectivity index (χ2v) is 6.02. The van der Waals surface area contributed by atoms with Gasteiger partial charge in [0.15, 0.2) is 0 Å². The van der Waals surface area contributed by atoms with Crippen molar-refractivity contribution >= 4 is 0 Å². The molecular weight excluding hydrogens is 224 g/mol. The number of hydrogen-bond donors (Lipinski definition) is 1. The van der Waals surface area contributed by atoms with Crippen LogP contribution in [-0.2, 0) is 0 Å². The van der Waals surface area contributed by atoms with Gasteiger partial charge in [-0.3, -0.25) is 10.2 Å². The lowest BCUT2D eigenvalue weighted by molar-refractivity contribution is 0.0789. The molecule has 0 saturated carbocycles. The van der Waals surface area contributed by atoms with E-state index in [9.17, 15) is 5.26 Å². The van der Waals surface area contributed by atoms with Gasteiger partial charge in [0.25, 0.3) is 0 Å². The van der Waals surface area contributed by atoms with Crippen LogP contribution in [0, 0.1) is 11.3 Å². The van der Waals surface area contributed by atoms with E-state index in [1.165, 1.54) is 6.42 Å². The first-order valence-electron chi connectivity index (χ1n) is 7.01. The topological polar surface area (TPSA) is 42.3 Å². The highest BCUT2D eigenvalue weighted by atomic mass is 15.3. The number of piperazine rings is 1. The van der Waals surface area contributed by atoms with E-state index in [0.717, 1.165) is 26.2 Å². The van der Waals surface area contributed by atoms with Crippen molar-refractivity contribution < 1.29 is 0 Å². The van der Waals surface area contributed by atoms with Crippen molar-refractivity contribution in [3.63, 3.8) is 0 Å². The summed E-state index contributed by atoms with van der Waals surface area (Å²) in [7, 11) is 2.20. The molecule has 0 aliphatic carbocycles. The lowest BCUT2D eigenvalue weighted by Crippen LogP contribution is -2.58. The normalized spacial score (nSPS) is 25.9. The first-order chi connectivity index (χ1) is 8.40. The molecule has 1 aliphatic heterocycles. The maximum absolute atomic E-state index is 9.39. The Morgan fingerprint density at radius 3 is 2.61 bits per heavy atom. The van der Waals surface area contributed by atoms with E-state index in [1.807, 2.05) is 6.92 Å². The van der Waals surface area contributed by atoms with Crippen molar-refractivity contribution in [2.75, 3.05) is 33.2 Å². The Morgan fingerprint density at radius 2 is 2.11 bits per heavy atom. The van der Waals surface area contributed by atoms with Crippen LogP contribution in [0.4, 0.5) is 0 Å². The fourth-order valence-corrected chi connectivity index (χ4v) is 2.79. The Balaban J connectivity index is 2.58. The molecule has 4 nitrogen and oxygen atoms in total. The number of nitrogens with zero attached hydrogens (tertiary/aromatic N) is 3. The van der Waals surface area contributed by atoms with E-state index in [4.69, 9.17) is 0 Å². The molecule has 2 atom stereocenters. The monoisotopic (exact) mass is 252 g/mol. The van der Waals surface area contributed by atoms with E-state index >= 15 is 0 Å². The average Bonchev–Trinajstić information content (AvgIpc) is 2.30. The summed E-state index contributed by atoms with van der Waals surface area (Å²) in [6.07, 6.45) is 1.17. The smallest absolute Gasteiger partial charge is 0.116 e. The molecule has 0 radical (unpaired) electrons. The van der Waals surface area contributed by atoms with Gasteiger partial charge in [0.2, 0.25) is 0 Å². The van der Waals surface area contributed by atoms with Crippen LogP contribution in [-0.4, -0.2) is 60.6 Å². The quantitative estimate of drug-likeness (QED) is 0.801. The average molecular weight is 252 g/mol. The standard InChI is InChI=1S/C14H28N4/c1-6-13-9-18(8-7-17(13)5)11-14(4,10-15)16-12(2)3/h12-13,16H,6-9,11H2,1-5H3. The number of hydrogen-bond acceptors (Lipinski definition) is 4. The second-order valence-electron chi connectivity index (χ2n) is 6.02. The molecular formula is C14H28N4. The highest BCUT2D eigenvalue weighted by Crippen LogP contribution is 2.14. The zero-order valence-corrected chi connectivity index (χ0v) is 12.5. The highest BCUT2D eigenvalue weighted by molar-refractivity contribution is 5.07. The Hall–Kier alpha value is -0.630. The SMILES string of the molecule is CCC1CN(CC(C)(C#N)NC(C)C)CCN1C. The number of nitrogens with one attached hydrogen (secondary N) is 1. The molecule has 0 aromatic heterocycles. The minimum atomic E-state index is -0.442. The van der Waals surface area contributed by atoms with Crippen molar-refractivity contribution in [1.82, 2.24) is 15.1 Å². The molecule has 0 aromatic rings. The maximum Gasteiger partial charge on any atom is 0.116 e. The van der Waals surface area contributed by atoms with Crippen molar-refractivity contribution in [3.05, 3.63) is 0 Å². The van der Waals surface area contributed by atoms with Crippen LogP contribution < -0.4 is 5.32 Å². The highest BCUT2D eigenvalue weighted by Gasteiger charge is 2.31. The van der Waals surface area contributed by atoms with Crippen LogP contribution in [0.25, 0.3) is 0 Å². The van der Waals surface area contributed by atoms with Gasteiger partial charge in [0.1, 0.15) is 5.54 Å². The molecule has 1 saturated heterocycles. The number of rotatable bonds is 5. The van der Waals surface area contributed by atoms with Gasteiger partial charge >= 0.3 is 0 Å². The van der Waals surface area contributed by atoms with Crippen LogP contribution in [0.5, 0.6) is 0 Å². The Labute approximate surface area is 112 Å². The summed E-state index contributed by atoms with van der Waals surface area (Å²) in [5.74, 6) is 0. The van der Waals surface area contributed by atoms with Crippen molar-refractivity contribution in [2.24, 2.45) is 0 Å². The lowest BCUT2D eigenvalue weighted by atomic mass is 10.0. The van der Waals surface area contributed by atoms with Gasteiger partial charge in [-0.2, -0.15) is 5.26 Å².